The van der Waals surface area contributed by atoms with Gasteiger partial charge in [0.15, 0.2) is 0 Å². The van der Waals surface area contributed by atoms with Gasteiger partial charge in [0.2, 0.25) is 11.9 Å². The molecule has 3 N–H and O–H groups in total. The van der Waals surface area contributed by atoms with Gasteiger partial charge in [-0.3, -0.25) is 10.1 Å². The second-order valence-corrected chi connectivity index (χ2v) is 6.66. The average Bonchev–Trinajstić information content (AvgIpc) is 2.94. The van der Waals surface area contributed by atoms with Gasteiger partial charge in [-0.2, -0.15) is 0 Å². The van der Waals surface area contributed by atoms with E-state index in [9.17, 15) is 4.79 Å². The molecular formula is C18H25ClN4O. The quantitative estimate of drug-likeness (QED) is 0.891. The summed E-state index contributed by atoms with van der Waals surface area (Å²) < 4.78 is 1.95. The van der Waals surface area contributed by atoms with Gasteiger partial charge in [0.25, 0.3) is 0 Å². The Morgan fingerprint density at radius 1 is 1.38 bits per heavy atom. The highest BCUT2D eigenvalue weighted by Crippen LogP contribution is 2.32. The van der Waals surface area contributed by atoms with Crippen LogP contribution in [0.15, 0.2) is 42.7 Å². The van der Waals surface area contributed by atoms with Crippen molar-refractivity contribution in [2.75, 3.05) is 5.32 Å². The summed E-state index contributed by atoms with van der Waals surface area (Å²) in [6.45, 7) is 2.66. The molecule has 1 aromatic carbocycles. The number of nitrogens with two attached hydrogens (primary N) is 1. The van der Waals surface area contributed by atoms with E-state index in [0.717, 1.165) is 25.7 Å². The number of anilines is 1. The molecule has 2 unspecified atom stereocenters. The fourth-order valence-electron chi connectivity index (χ4n) is 3.33. The Morgan fingerprint density at radius 3 is 2.83 bits per heavy atom. The Labute approximate surface area is 149 Å². The minimum absolute atomic E-state index is 0. The standard InChI is InChI=1S/C18H24N4O.ClH/c1-18(19)10-6-5-9-15(18)16(23)21-17-20-11-12-22(17)13-14-7-3-2-4-8-14;/h2-4,7-8,11-12,15H,5-6,9-10,13,19H2,1H3,(H,20,21,23);1H. The number of halogens is 1. The molecule has 0 aliphatic heterocycles. The maximum absolute atomic E-state index is 12.6. The molecule has 1 aliphatic rings. The summed E-state index contributed by atoms with van der Waals surface area (Å²) >= 11 is 0. The molecule has 1 heterocycles. The van der Waals surface area contributed by atoms with Crippen molar-refractivity contribution in [3.8, 4) is 0 Å². The topological polar surface area (TPSA) is 72.9 Å². The van der Waals surface area contributed by atoms with E-state index in [1.165, 1.54) is 5.56 Å². The smallest absolute Gasteiger partial charge is 0.231 e. The van der Waals surface area contributed by atoms with E-state index in [4.69, 9.17) is 5.73 Å². The number of imidazole rings is 1. The van der Waals surface area contributed by atoms with Crippen molar-refractivity contribution >= 4 is 24.3 Å². The summed E-state index contributed by atoms with van der Waals surface area (Å²) in [4.78, 5) is 16.9. The summed E-state index contributed by atoms with van der Waals surface area (Å²) in [5.74, 6) is 0.411. The van der Waals surface area contributed by atoms with Crippen LogP contribution in [-0.2, 0) is 11.3 Å². The van der Waals surface area contributed by atoms with Crippen molar-refractivity contribution in [1.82, 2.24) is 9.55 Å². The van der Waals surface area contributed by atoms with Gasteiger partial charge in [0, 0.05) is 17.9 Å². The number of carbonyl (C=O) groups excluding carboxylic acids is 1. The number of carbonyl (C=O) groups is 1. The molecule has 24 heavy (non-hydrogen) atoms. The van der Waals surface area contributed by atoms with Gasteiger partial charge in [-0.15, -0.1) is 12.4 Å². The van der Waals surface area contributed by atoms with E-state index in [1.54, 1.807) is 6.20 Å². The van der Waals surface area contributed by atoms with Crippen LogP contribution in [0.4, 0.5) is 5.95 Å². The van der Waals surface area contributed by atoms with E-state index in [0.29, 0.717) is 12.5 Å². The van der Waals surface area contributed by atoms with Crippen LogP contribution < -0.4 is 11.1 Å². The molecule has 1 amide bonds. The summed E-state index contributed by atoms with van der Waals surface area (Å²) in [5, 5.41) is 2.97. The van der Waals surface area contributed by atoms with Crippen LogP contribution in [-0.4, -0.2) is 21.0 Å². The molecule has 3 rings (SSSR count). The zero-order valence-electron chi connectivity index (χ0n) is 13.9. The average molecular weight is 349 g/mol. The predicted octanol–water partition coefficient (Wildman–Crippen LogP) is 3.20. The fraction of sp³-hybridized carbons (Fsp3) is 0.444. The zero-order chi connectivity index (χ0) is 16.3. The number of rotatable bonds is 4. The van der Waals surface area contributed by atoms with Crippen molar-refractivity contribution in [2.24, 2.45) is 11.7 Å². The molecule has 1 aromatic heterocycles. The summed E-state index contributed by atoms with van der Waals surface area (Å²) in [7, 11) is 0. The van der Waals surface area contributed by atoms with Gasteiger partial charge in [-0.1, -0.05) is 43.2 Å². The van der Waals surface area contributed by atoms with Gasteiger partial charge >= 0.3 is 0 Å². The Kier molecular flexibility index (Phi) is 6.02. The monoisotopic (exact) mass is 348 g/mol. The molecule has 1 saturated carbocycles. The maximum Gasteiger partial charge on any atom is 0.231 e. The largest absolute Gasteiger partial charge is 0.325 e. The molecule has 1 fully saturated rings. The molecule has 0 saturated heterocycles. The molecule has 2 atom stereocenters. The molecule has 0 bridgehead atoms. The van der Waals surface area contributed by atoms with Gasteiger partial charge in [-0.05, 0) is 25.3 Å². The predicted molar refractivity (Wildman–Crippen MR) is 98.2 cm³/mol. The third-order valence-corrected chi connectivity index (χ3v) is 4.72. The third kappa shape index (κ3) is 4.16. The number of amides is 1. The summed E-state index contributed by atoms with van der Waals surface area (Å²) in [6.07, 6.45) is 7.48. The first-order valence-corrected chi connectivity index (χ1v) is 8.21. The lowest BCUT2D eigenvalue weighted by atomic mass is 9.74. The first-order chi connectivity index (χ1) is 11.1. The molecule has 5 nitrogen and oxygen atoms in total. The SMILES string of the molecule is CC1(N)CCCCC1C(=O)Nc1nccn1Cc1ccccc1.Cl. The van der Waals surface area contributed by atoms with E-state index in [2.05, 4.69) is 22.4 Å². The minimum atomic E-state index is -0.431. The van der Waals surface area contributed by atoms with Crippen molar-refractivity contribution in [2.45, 2.75) is 44.7 Å². The molecule has 0 spiro atoms. The lowest BCUT2D eigenvalue weighted by molar-refractivity contribution is -0.122. The van der Waals surface area contributed by atoms with Crippen LogP contribution in [0.1, 0.15) is 38.2 Å². The number of nitrogens with one attached hydrogen (secondary N) is 1. The number of benzene rings is 1. The van der Waals surface area contributed by atoms with Crippen molar-refractivity contribution in [3.63, 3.8) is 0 Å². The Balaban J connectivity index is 0.00000208. The molecule has 1 aliphatic carbocycles. The molecule has 2 aromatic rings. The fourth-order valence-corrected chi connectivity index (χ4v) is 3.33. The van der Waals surface area contributed by atoms with Gasteiger partial charge in [-0.25, -0.2) is 4.98 Å². The second-order valence-electron chi connectivity index (χ2n) is 6.66. The second kappa shape index (κ2) is 7.81. The van der Waals surface area contributed by atoms with Crippen molar-refractivity contribution in [3.05, 3.63) is 48.3 Å². The highest BCUT2D eigenvalue weighted by Gasteiger charge is 2.38. The number of hydrogen-bond acceptors (Lipinski definition) is 3. The van der Waals surface area contributed by atoms with Crippen LogP contribution in [0.5, 0.6) is 0 Å². The van der Waals surface area contributed by atoms with E-state index >= 15 is 0 Å². The van der Waals surface area contributed by atoms with E-state index < -0.39 is 5.54 Å². The van der Waals surface area contributed by atoms with E-state index in [-0.39, 0.29) is 24.2 Å². The third-order valence-electron chi connectivity index (χ3n) is 4.72. The van der Waals surface area contributed by atoms with Crippen LogP contribution in [0.2, 0.25) is 0 Å². The van der Waals surface area contributed by atoms with Crippen LogP contribution >= 0.6 is 12.4 Å². The molecule has 130 valence electrons. The van der Waals surface area contributed by atoms with Crippen LogP contribution in [0, 0.1) is 5.92 Å². The Morgan fingerprint density at radius 2 is 2.12 bits per heavy atom. The van der Waals surface area contributed by atoms with Gasteiger partial charge in [0.05, 0.1) is 12.5 Å². The first kappa shape index (κ1) is 18.5. The van der Waals surface area contributed by atoms with E-state index in [1.807, 2.05) is 35.9 Å². The highest BCUT2D eigenvalue weighted by molar-refractivity contribution is 5.92. The van der Waals surface area contributed by atoms with Crippen LogP contribution in [0.25, 0.3) is 0 Å². The maximum atomic E-state index is 12.6. The normalized spacial score (nSPS) is 23.3. The molecular weight excluding hydrogens is 324 g/mol. The lowest BCUT2D eigenvalue weighted by Crippen LogP contribution is -2.51. The van der Waals surface area contributed by atoms with Gasteiger partial charge in [0.1, 0.15) is 0 Å². The van der Waals surface area contributed by atoms with Crippen LogP contribution in [0.3, 0.4) is 0 Å². The highest BCUT2D eigenvalue weighted by atomic mass is 35.5. The lowest BCUT2D eigenvalue weighted by Gasteiger charge is -2.37. The Bertz CT molecular complexity index is 669. The minimum Gasteiger partial charge on any atom is -0.325 e. The van der Waals surface area contributed by atoms with Gasteiger partial charge < -0.3 is 10.3 Å². The zero-order valence-corrected chi connectivity index (χ0v) is 14.8. The number of nitrogens with zero attached hydrogens (tertiary/aromatic N) is 2. The molecule has 6 heteroatoms. The molecule has 0 radical (unpaired) electrons. The number of hydrogen-bond donors (Lipinski definition) is 2. The van der Waals surface area contributed by atoms with Crippen molar-refractivity contribution in [1.29, 1.82) is 0 Å². The first-order valence-electron chi connectivity index (χ1n) is 8.21. The summed E-state index contributed by atoms with van der Waals surface area (Å²) in [5.41, 5.74) is 7.06. The Hall–Kier alpha value is -1.85. The van der Waals surface area contributed by atoms with Crippen molar-refractivity contribution < 1.29 is 4.79 Å². The number of aromatic nitrogens is 2. The summed E-state index contributed by atoms with van der Waals surface area (Å²) in [6, 6.07) is 10.1.